The average Bonchev–Trinajstić information content (AvgIpc) is 3.02. The first-order valence-corrected chi connectivity index (χ1v) is 12.7. The highest BCUT2D eigenvalue weighted by atomic mass is 16.2. The number of carbonyl (C=O) groups excluding carboxylic acids is 3. The normalized spacial score (nSPS) is 24.0. The standard InChI is InChI=1S/C27H40N4O3/c1-26(2,3)22(29-23(32)18-9-8-14-28-17-18)24(33)30-15-12-19(13-16-30)31-21-11-7-6-10-20(21)27(4,5)25(31)34/h6-7,10-11,18-19,22,28H,8-9,12-17H2,1-5H3,(H,29,32)/t18-,22-/m0/s1. The van der Waals surface area contributed by atoms with E-state index in [4.69, 9.17) is 0 Å². The van der Waals surface area contributed by atoms with Crippen LogP contribution < -0.4 is 15.5 Å². The van der Waals surface area contributed by atoms with Crippen LogP contribution in [0, 0.1) is 11.3 Å². The Morgan fingerprint density at radius 1 is 1.12 bits per heavy atom. The summed E-state index contributed by atoms with van der Waals surface area (Å²) in [6, 6.07) is 7.57. The zero-order valence-electron chi connectivity index (χ0n) is 21.3. The first kappa shape index (κ1) is 24.7. The fourth-order valence-electron chi connectivity index (χ4n) is 5.61. The van der Waals surface area contributed by atoms with Gasteiger partial charge in [0.25, 0.3) is 0 Å². The van der Waals surface area contributed by atoms with Gasteiger partial charge in [0.2, 0.25) is 17.7 Å². The van der Waals surface area contributed by atoms with E-state index >= 15 is 0 Å². The fourth-order valence-corrected chi connectivity index (χ4v) is 5.61. The van der Waals surface area contributed by atoms with Gasteiger partial charge in [-0.05, 0) is 63.1 Å². The average molecular weight is 469 g/mol. The molecule has 2 N–H and O–H groups in total. The number of hydrogen-bond acceptors (Lipinski definition) is 4. The summed E-state index contributed by atoms with van der Waals surface area (Å²) >= 11 is 0. The second-order valence-corrected chi connectivity index (χ2v) is 11.7. The smallest absolute Gasteiger partial charge is 0.245 e. The van der Waals surface area contributed by atoms with Crippen LogP contribution in [-0.4, -0.2) is 60.9 Å². The Kier molecular flexibility index (Phi) is 6.78. The van der Waals surface area contributed by atoms with Crippen molar-refractivity contribution in [3.63, 3.8) is 0 Å². The number of hydrogen-bond donors (Lipinski definition) is 2. The molecule has 3 aliphatic rings. The lowest BCUT2D eigenvalue weighted by Crippen LogP contribution is -2.59. The number of piperidine rings is 2. The van der Waals surface area contributed by atoms with Crippen molar-refractivity contribution >= 4 is 23.4 Å². The summed E-state index contributed by atoms with van der Waals surface area (Å²) < 4.78 is 0. The minimum atomic E-state index is -0.563. The predicted molar refractivity (Wildman–Crippen MR) is 134 cm³/mol. The van der Waals surface area contributed by atoms with E-state index in [2.05, 4.69) is 10.6 Å². The van der Waals surface area contributed by atoms with Crippen molar-refractivity contribution in [2.45, 2.75) is 77.8 Å². The quantitative estimate of drug-likeness (QED) is 0.712. The van der Waals surface area contributed by atoms with Crippen molar-refractivity contribution in [3.05, 3.63) is 29.8 Å². The van der Waals surface area contributed by atoms with E-state index in [-0.39, 0.29) is 35.1 Å². The predicted octanol–water partition coefficient (Wildman–Crippen LogP) is 2.83. The molecule has 0 bridgehead atoms. The number of fused-ring (bicyclic) bond motifs is 1. The SMILES string of the molecule is CC1(C)C(=O)N(C2CCN(C(=O)[C@H](NC(=O)[C@H]3CCCNC3)C(C)(C)C)CC2)c2ccccc21. The number of anilines is 1. The summed E-state index contributed by atoms with van der Waals surface area (Å²) in [7, 11) is 0. The van der Waals surface area contributed by atoms with Gasteiger partial charge in [-0.15, -0.1) is 0 Å². The molecule has 3 amide bonds. The Hall–Kier alpha value is -2.41. The van der Waals surface area contributed by atoms with Crippen molar-refractivity contribution in [3.8, 4) is 0 Å². The summed E-state index contributed by atoms with van der Waals surface area (Å²) in [6.45, 7) is 12.8. The molecule has 186 valence electrons. The van der Waals surface area contributed by atoms with Gasteiger partial charge in [-0.25, -0.2) is 0 Å². The van der Waals surface area contributed by atoms with E-state index in [9.17, 15) is 14.4 Å². The highest BCUT2D eigenvalue weighted by molar-refractivity contribution is 6.08. The Labute approximate surface area is 203 Å². The zero-order valence-corrected chi connectivity index (χ0v) is 21.3. The van der Waals surface area contributed by atoms with Gasteiger partial charge < -0.3 is 20.4 Å². The highest BCUT2D eigenvalue weighted by Gasteiger charge is 2.47. The number of para-hydroxylation sites is 1. The number of carbonyl (C=O) groups is 3. The Balaban J connectivity index is 1.43. The van der Waals surface area contributed by atoms with Crippen LogP contribution >= 0.6 is 0 Å². The topological polar surface area (TPSA) is 81.8 Å². The van der Waals surface area contributed by atoms with Gasteiger partial charge in [0, 0.05) is 31.4 Å². The van der Waals surface area contributed by atoms with Crippen molar-refractivity contribution in [2.75, 3.05) is 31.1 Å². The Morgan fingerprint density at radius 3 is 2.41 bits per heavy atom. The van der Waals surface area contributed by atoms with Crippen LogP contribution in [0.4, 0.5) is 5.69 Å². The fraction of sp³-hybridized carbons (Fsp3) is 0.667. The Morgan fingerprint density at radius 2 is 1.79 bits per heavy atom. The second-order valence-electron chi connectivity index (χ2n) is 11.7. The lowest BCUT2D eigenvalue weighted by Gasteiger charge is -2.41. The van der Waals surface area contributed by atoms with Gasteiger partial charge in [0.15, 0.2) is 0 Å². The van der Waals surface area contributed by atoms with Gasteiger partial charge in [-0.2, -0.15) is 0 Å². The molecule has 0 saturated carbocycles. The number of likely N-dealkylation sites (tertiary alicyclic amines) is 1. The minimum absolute atomic E-state index is 0.0171. The van der Waals surface area contributed by atoms with Crippen LogP contribution in [0.25, 0.3) is 0 Å². The summed E-state index contributed by atoms with van der Waals surface area (Å²) in [6.07, 6.45) is 3.31. The number of nitrogens with one attached hydrogen (secondary N) is 2. The first-order valence-electron chi connectivity index (χ1n) is 12.7. The van der Waals surface area contributed by atoms with E-state index < -0.39 is 11.5 Å². The summed E-state index contributed by atoms with van der Waals surface area (Å²) in [5, 5.41) is 6.37. The molecule has 34 heavy (non-hydrogen) atoms. The van der Waals surface area contributed by atoms with E-state index in [1.54, 1.807) is 0 Å². The third-order valence-corrected chi connectivity index (χ3v) is 7.80. The van der Waals surface area contributed by atoms with Gasteiger partial charge in [-0.1, -0.05) is 39.0 Å². The summed E-state index contributed by atoms with van der Waals surface area (Å²) in [4.78, 5) is 43.6. The maximum absolute atomic E-state index is 13.6. The summed E-state index contributed by atoms with van der Waals surface area (Å²) in [5.74, 6) is 0.00884. The minimum Gasteiger partial charge on any atom is -0.344 e. The van der Waals surface area contributed by atoms with Gasteiger partial charge in [0.1, 0.15) is 6.04 Å². The van der Waals surface area contributed by atoms with Crippen LogP contribution in [0.5, 0.6) is 0 Å². The van der Waals surface area contributed by atoms with E-state index in [1.807, 2.05) is 68.7 Å². The van der Waals surface area contributed by atoms with Crippen LogP contribution in [0.1, 0.15) is 65.9 Å². The molecule has 7 nitrogen and oxygen atoms in total. The molecular weight excluding hydrogens is 428 g/mol. The van der Waals surface area contributed by atoms with Crippen molar-refractivity contribution in [1.29, 1.82) is 0 Å². The molecule has 2 fully saturated rings. The second kappa shape index (κ2) is 9.33. The van der Waals surface area contributed by atoms with E-state index in [0.717, 1.165) is 43.5 Å². The molecule has 0 aliphatic carbocycles. The Bertz CT molecular complexity index is 937. The van der Waals surface area contributed by atoms with Crippen molar-refractivity contribution in [2.24, 2.45) is 11.3 Å². The molecule has 2 saturated heterocycles. The van der Waals surface area contributed by atoms with Crippen LogP contribution in [0.3, 0.4) is 0 Å². The largest absolute Gasteiger partial charge is 0.344 e. The maximum atomic E-state index is 13.6. The van der Waals surface area contributed by atoms with E-state index in [0.29, 0.717) is 19.6 Å². The van der Waals surface area contributed by atoms with Gasteiger partial charge in [0.05, 0.1) is 11.3 Å². The molecule has 0 spiro atoms. The lowest BCUT2D eigenvalue weighted by molar-refractivity contribution is -0.141. The number of rotatable bonds is 4. The summed E-state index contributed by atoms with van der Waals surface area (Å²) in [5.41, 5.74) is 1.16. The third kappa shape index (κ3) is 4.59. The van der Waals surface area contributed by atoms with Crippen LogP contribution in [0.15, 0.2) is 24.3 Å². The third-order valence-electron chi connectivity index (χ3n) is 7.80. The number of amides is 3. The molecule has 1 aromatic rings. The number of benzene rings is 1. The molecule has 0 aromatic heterocycles. The molecule has 3 heterocycles. The van der Waals surface area contributed by atoms with Gasteiger partial charge >= 0.3 is 0 Å². The van der Waals surface area contributed by atoms with Crippen LogP contribution in [-0.2, 0) is 19.8 Å². The lowest BCUT2D eigenvalue weighted by atomic mass is 9.84. The monoisotopic (exact) mass is 468 g/mol. The highest BCUT2D eigenvalue weighted by Crippen LogP contribution is 2.43. The molecule has 0 radical (unpaired) electrons. The molecule has 2 atom stereocenters. The van der Waals surface area contributed by atoms with Crippen molar-refractivity contribution < 1.29 is 14.4 Å². The molecule has 3 aliphatic heterocycles. The molecule has 7 heteroatoms. The number of nitrogens with zero attached hydrogens (tertiary/aromatic N) is 2. The van der Waals surface area contributed by atoms with Crippen molar-refractivity contribution in [1.82, 2.24) is 15.5 Å². The molecular formula is C27H40N4O3. The molecule has 4 rings (SSSR count). The molecule has 1 aromatic carbocycles. The maximum Gasteiger partial charge on any atom is 0.245 e. The zero-order chi connectivity index (χ0) is 24.7. The van der Waals surface area contributed by atoms with E-state index in [1.165, 1.54) is 0 Å². The van der Waals surface area contributed by atoms with Gasteiger partial charge in [-0.3, -0.25) is 14.4 Å². The van der Waals surface area contributed by atoms with Crippen LogP contribution in [0.2, 0.25) is 0 Å². The molecule has 0 unspecified atom stereocenters. The first-order chi connectivity index (χ1) is 16.0.